The quantitative estimate of drug-likeness (QED) is 0.886. The third-order valence-electron chi connectivity index (χ3n) is 2.83. The van der Waals surface area contributed by atoms with Crippen LogP contribution in [0.15, 0.2) is 23.6 Å². The van der Waals surface area contributed by atoms with Gasteiger partial charge >= 0.3 is 5.97 Å². The minimum absolute atomic E-state index is 0.0369. The second-order valence-corrected chi connectivity index (χ2v) is 5.78. The van der Waals surface area contributed by atoms with Crippen molar-refractivity contribution in [3.8, 4) is 0 Å². The molecule has 0 aliphatic carbocycles. The molecule has 5 nitrogen and oxygen atoms in total. The number of halogens is 1. The van der Waals surface area contributed by atoms with Crippen molar-refractivity contribution < 1.29 is 14.7 Å². The Morgan fingerprint density at radius 1 is 1.43 bits per heavy atom. The molecule has 0 aliphatic rings. The SMILES string of the molecule is Cc1cc(Cl)ccc1C(=O)NCCc1nc(C(=O)O)cs1. The van der Waals surface area contributed by atoms with Crippen molar-refractivity contribution in [3.63, 3.8) is 0 Å². The van der Waals surface area contributed by atoms with Crippen LogP contribution in [-0.4, -0.2) is 28.5 Å². The van der Waals surface area contributed by atoms with Gasteiger partial charge < -0.3 is 10.4 Å². The summed E-state index contributed by atoms with van der Waals surface area (Å²) in [6.07, 6.45) is 0.496. The van der Waals surface area contributed by atoms with Crippen molar-refractivity contribution in [1.82, 2.24) is 10.3 Å². The highest BCUT2D eigenvalue weighted by molar-refractivity contribution is 7.09. The minimum atomic E-state index is -1.04. The topological polar surface area (TPSA) is 79.3 Å². The van der Waals surface area contributed by atoms with Gasteiger partial charge in [-0.2, -0.15) is 0 Å². The fourth-order valence-electron chi connectivity index (χ4n) is 1.78. The highest BCUT2D eigenvalue weighted by atomic mass is 35.5. The number of carboxylic acid groups (broad SMARTS) is 1. The number of rotatable bonds is 5. The summed E-state index contributed by atoms with van der Waals surface area (Å²) in [7, 11) is 0. The van der Waals surface area contributed by atoms with Crippen LogP contribution in [-0.2, 0) is 6.42 Å². The van der Waals surface area contributed by atoms with Crippen molar-refractivity contribution in [2.75, 3.05) is 6.54 Å². The Morgan fingerprint density at radius 3 is 2.81 bits per heavy atom. The largest absolute Gasteiger partial charge is 0.476 e. The lowest BCUT2D eigenvalue weighted by atomic mass is 10.1. The first-order valence-electron chi connectivity index (χ1n) is 6.19. The lowest BCUT2D eigenvalue weighted by molar-refractivity contribution is 0.0690. The number of nitrogens with zero attached hydrogens (tertiary/aromatic N) is 1. The molecule has 1 amide bonds. The molecule has 0 spiro atoms. The Hall–Kier alpha value is -1.92. The van der Waals surface area contributed by atoms with Crippen molar-refractivity contribution >= 4 is 34.8 Å². The molecule has 1 heterocycles. The first-order valence-corrected chi connectivity index (χ1v) is 7.45. The molecule has 0 saturated carbocycles. The second-order valence-electron chi connectivity index (χ2n) is 4.40. The van der Waals surface area contributed by atoms with E-state index >= 15 is 0 Å². The average molecular weight is 325 g/mol. The number of aromatic carboxylic acids is 1. The summed E-state index contributed by atoms with van der Waals surface area (Å²) in [5.41, 5.74) is 1.42. The van der Waals surface area contributed by atoms with Crippen LogP contribution in [0.2, 0.25) is 5.02 Å². The number of aryl methyl sites for hydroxylation is 1. The average Bonchev–Trinajstić information content (AvgIpc) is 2.87. The lowest BCUT2D eigenvalue weighted by Gasteiger charge is -2.07. The Labute approximate surface area is 130 Å². The Morgan fingerprint density at radius 2 is 2.19 bits per heavy atom. The number of aromatic nitrogens is 1. The van der Waals surface area contributed by atoms with Gasteiger partial charge in [-0.3, -0.25) is 4.79 Å². The molecule has 0 saturated heterocycles. The van der Waals surface area contributed by atoms with Crippen LogP contribution in [0.1, 0.15) is 31.4 Å². The van der Waals surface area contributed by atoms with Gasteiger partial charge in [-0.15, -0.1) is 11.3 Å². The molecule has 21 heavy (non-hydrogen) atoms. The molecule has 2 N–H and O–H groups in total. The zero-order valence-corrected chi connectivity index (χ0v) is 12.8. The van der Waals surface area contributed by atoms with E-state index in [1.807, 2.05) is 6.92 Å². The predicted octanol–water partition coefficient (Wildman–Crippen LogP) is 2.78. The Bertz CT molecular complexity index is 685. The number of hydrogen-bond donors (Lipinski definition) is 2. The van der Waals surface area contributed by atoms with E-state index in [1.54, 1.807) is 18.2 Å². The van der Waals surface area contributed by atoms with Gasteiger partial charge in [0.05, 0.1) is 5.01 Å². The third-order valence-corrected chi connectivity index (χ3v) is 3.97. The monoisotopic (exact) mass is 324 g/mol. The minimum Gasteiger partial charge on any atom is -0.476 e. The molecule has 0 fully saturated rings. The number of hydrogen-bond acceptors (Lipinski definition) is 4. The summed E-state index contributed by atoms with van der Waals surface area (Å²) >= 11 is 7.12. The van der Waals surface area contributed by atoms with E-state index in [2.05, 4.69) is 10.3 Å². The molecular formula is C14H13ClN2O3S. The van der Waals surface area contributed by atoms with E-state index in [1.165, 1.54) is 16.7 Å². The van der Waals surface area contributed by atoms with Gasteiger partial charge in [0.2, 0.25) is 0 Å². The molecule has 0 atom stereocenters. The molecule has 2 aromatic rings. The van der Waals surface area contributed by atoms with E-state index in [-0.39, 0.29) is 11.6 Å². The number of amides is 1. The van der Waals surface area contributed by atoms with E-state index in [0.29, 0.717) is 28.6 Å². The molecule has 110 valence electrons. The number of thiazole rings is 1. The first kappa shape index (κ1) is 15.5. The van der Waals surface area contributed by atoms with Gasteiger partial charge in [0.25, 0.3) is 5.91 Å². The van der Waals surface area contributed by atoms with Gasteiger partial charge in [-0.25, -0.2) is 9.78 Å². The van der Waals surface area contributed by atoms with Crippen LogP contribution in [0.5, 0.6) is 0 Å². The molecule has 0 aliphatic heterocycles. The number of nitrogens with one attached hydrogen (secondary N) is 1. The third kappa shape index (κ3) is 4.03. The molecule has 0 unspecified atom stereocenters. The zero-order valence-electron chi connectivity index (χ0n) is 11.2. The summed E-state index contributed by atoms with van der Waals surface area (Å²) in [6, 6.07) is 5.08. The van der Waals surface area contributed by atoms with E-state index < -0.39 is 5.97 Å². The first-order chi connectivity index (χ1) is 9.97. The lowest BCUT2D eigenvalue weighted by Crippen LogP contribution is -2.26. The highest BCUT2D eigenvalue weighted by Gasteiger charge is 2.11. The zero-order chi connectivity index (χ0) is 15.4. The standard InChI is InChI=1S/C14H13ClN2O3S/c1-8-6-9(15)2-3-10(8)13(18)16-5-4-12-17-11(7-21-12)14(19)20/h2-3,6-7H,4-5H2,1H3,(H,16,18)(H,19,20). The van der Waals surface area contributed by atoms with Crippen molar-refractivity contribution in [1.29, 1.82) is 0 Å². The van der Waals surface area contributed by atoms with Crippen LogP contribution in [0.3, 0.4) is 0 Å². The summed E-state index contributed by atoms with van der Waals surface area (Å²) < 4.78 is 0. The van der Waals surface area contributed by atoms with Gasteiger partial charge in [0.1, 0.15) is 0 Å². The van der Waals surface area contributed by atoms with Crippen LogP contribution in [0, 0.1) is 6.92 Å². The summed E-state index contributed by atoms with van der Waals surface area (Å²) in [4.78, 5) is 26.7. The van der Waals surface area contributed by atoms with Crippen LogP contribution in [0.25, 0.3) is 0 Å². The molecule has 0 radical (unpaired) electrons. The van der Waals surface area contributed by atoms with E-state index in [9.17, 15) is 9.59 Å². The maximum absolute atomic E-state index is 12.0. The number of carbonyl (C=O) groups is 2. The fourth-order valence-corrected chi connectivity index (χ4v) is 2.78. The smallest absolute Gasteiger partial charge is 0.355 e. The summed E-state index contributed by atoms with van der Waals surface area (Å²) in [6.45, 7) is 2.22. The fraction of sp³-hybridized carbons (Fsp3) is 0.214. The Kier molecular flexibility index (Phi) is 4.93. The van der Waals surface area contributed by atoms with Crippen LogP contribution >= 0.6 is 22.9 Å². The van der Waals surface area contributed by atoms with E-state index in [4.69, 9.17) is 16.7 Å². The number of benzene rings is 1. The van der Waals surface area contributed by atoms with E-state index in [0.717, 1.165) is 5.56 Å². The molecule has 2 rings (SSSR count). The van der Waals surface area contributed by atoms with Crippen molar-refractivity contribution in [2.24, 2.45) is 0 Å². The molecule has 7 heteroatoms. The number of carboxylic acids is 1. The number of carbonyl (C=O) groups excluding carboxylic acids is 1. The van der Waals surface area contributed by atoms with Crippen molar-refractivity contribution in [3.05, 3.63) is 50.4 Å². The van der Waals surface area contributed by atoms with Gasteiger partial charge in [-0.05, 0) is 30.7 Å². The molecule has 1 aromatic heterocycles. The Balaban J connectivity index is 1.90. The van der Waals surface area contributed by atoms with Crippen LogP contribution in [0.4, 0.5) is 0 Å². The molecular weight excluding hydrogens is 312 g/mol. The molecule has 0 bridgehead atoms. The van der Waals surface area contributed by atoms with Crippen LogP contribution < -0.4 is 5.32 Å². The van der Waals surface area contributed by atoms with Gasteiger partial charge in [0.15, 0.2) is 5.69 Å². The normalized spacial score (nSPS) is 10.4. The van der Waals surface area contributed by atoms with Gasteiger partial charge in [0, 0.05) is 28.9 Å². The van der Waals surface area contributed by atoms with Crippen molar-refractivity contribution in [2.45, 2.75) is 13.3 Å². The maximum Gasteiger partial charge on any atom is 0.355 e. The van der Waals surface area contributed by atoms with Gasteiger partial charge in [-0.1, -0.05) is 11.6 Å². The summed E-state index contributed by atoms with van der Waals surface area (Å²) in [5.74, 6) is -1.22. The molecule has 1 aromatic carbocycles. The maximum atomic E-state index is 12.0. The summed E-state index contributed by atoms with van der Waals surface area (Å²) in [5, 5.41) is 14.3. The second kappa shape index (κ2) is 6.69. The predicted molar refractivity (Wildman–Crippen MR) is 81.3 cm³/mol. The highest BCUT2D eigenvalue weighted by Crippen LogP contribution is 2.15.